The zero-order valence-electron chi connectivity index (χ0n) is 12.5. The summed E-state index contributed by atoms with van der Waals surface area (Å²) in [5.74, 6) is 6.81. The Kier molecular flexibility index (Phi) is 4.42. The third kappa shape index (κ3) is 2.51. The van der Waals surface area contributed by atoms with Gasteiger partial charge in [0.15, 0.2) is 0 Å². The van der Waals surface area contributed by atoms with Crippen LogP contribution in [0.3, 0.4) is 0 Å². The van der Waals surface area contributed by atoms with E-state index in [1.54, 1.807) is 0 Å². The standard InChI is InChI=1S/C18H28N2/c19-20-17(15-9-3-1-4-10-15)18(13-7-8-14-18)16-11-5-2-6-12-16/h2,5-6,11-12,15,17,20H,1,3-4,7-10,13-14,19H2. The first-order chi connectivity index (χ1) is 9.87. The van der Waals surface area contributed by atoms with Crippen LogP contribution in [0.2, 0.25) is 0 Å². The molecule has 0 amide bonds. The van der Waals surface area contributed by atoms with Crippen molar-refractivity contribution in [3.63, 3.8) is 0 Å². The van der Waals surface area contributed by atoms with Crippen LogP contribution in [0.4, 0.5) is 0 Å². The Balaban J connectivity index is 1.91. The Labute approximate surface area is 123 Å². The van der Waals surface area contributed by atoms with E-state index in [0.717, 1.165) is 5.92 Å². The van der Waals surface area contributed by atoms with Crippen molar-refractivity contribution in [1.29, 1.82) is 0 Å². The fourth-order valence-corrected chi connectivity index (χ4v) is 4.77. The molecule has 2 fully saturated rings. The molecule has 2 heteroatoms. The summed E-state index contributed by atoms with van der Waals surface area (Å²) in [6.07, 6.45) is 12.2. The summed E-state index contributed by atoms with van der Waals surface area (Å²) >= 11 is 0. The van der Waals surface area contributed by atoms with Gasteiger partial charge in [0.05, 0.1) is 0 Å². The molecule has 3 rings (SSSR count). The minimum Gasteiger partial charge on any atom is -0.271 e. The van der Waals surface area contributed by atoms with E-state index >= 15 is 0 Å². The number of hydrogen-bond donors (Lipinski definition) is 2. The molecular formula is C18H28N2. The molecule has 0 radical (unpaired) electrons. The molecule has 3 N–H and O–H groups in total. The van der Waals surface area contributed by atoms with Gasteiger partial charge < -0.3 is 0 Å². The number of nitrogens with one attached hydrogen (secondary N) is 1. The highest BCUT2D eigenvalue weighted by atomic mass is 15.2. The van der Waals surface area contributed by atoms with Crippen LogP contribution in [-0.4, -0.2) is 6.04 Å². The van der Waals surface area contributed by atoms with E-state index in [0.29, 0.717) is 6.04 Å². The molecule has 1 unspecified atom stereocenters. The minimum absolute atomic E-state index is 0.276. The molecule has 0 aromatic heterocycles. The van der Waals surface area contributed by atoms with Gasteiger partial charge in [0.25, 0.3) is 0 Å². The van der Waals surface area contributed by atoms with E-state index < -0.39 is 0 Å². The van der Waals surface area contributed by atoms with Crippen LogP contribution in [0, 0.1) is 5.92 Å². The molecule has 2 aliphatic rings. The predicted octanol–water partition coefficient (Wildman–Crippen LogP) is 3.91. The lowest BCUT2D eigenvalue weighted by Crippen LogP contribution is -2.54. The lowest BCUT2D eigenvalue weighted by molar-refractivity contribution is 0.177. The average molecular weight is 272 g/mol. The molecule has 0 heterocycles. The monoisotopic (exact) mass is 272 g/mol. The third-order valence-corrected chi connectivity index (χ3v) is 5.74. The Morgan fingerprint density at radius 2 is 1.60 bits per heavy atom. The molecule has 0 saturated heterocycles. The summed E-state index contributed by atoms with van der Waals surface area (Å²) in [6.45, 7) is 0. The van der Waals surface area contributed by atoms with Gasteiger partial charge in [0.1, 0.15) is 0 Å². The highest BCUT2D eigenvalue weighted by Gasteiger charge is 2.45. The van der Waals surface area contributed by atoms with Crippen molar-refractivity contribution in [2.24, 2.45) is 11.8 Å². The largest absolute Gasteiger partial charge is 0.271 e. The van der Waals surface area contributed by atoms with Crippen LogP contribution in [0.1, 0.15) is 63.4 Å². The highest BCUT2D eigenvalue weighted by molar-refractivity contribution is 5.29. The van der Waals surface area contributed by atoms with E-state index in [2.05, 4.69) is 35.8 Å². The maximum Gasteiger partial charge on any atom is 0.0335 e. The highest BCUT2D eigenvalue weighted by Crippen LogP contribution is 2.47. The van der Waals surface area contributed by atoms with Gasteiger partial charge in [-0.05, 0) is 37.2 Å². The van der Waals surface area contributed by atoms with Crippen LogP contribution in [0.25, 0.3) is 0 Å². The molecule has 2 nitrogen and oxygen atoms in total. The van der Waals surface area contributed by atoms with Crippen molar-refractivity contribution >= 4 is 0 Å². The number of hydrogen-bond acceptors (Lipinski definition) is 2. The number of hydrazine groups is 1. The van der Waals surface area contributed by atoms with Crippen LogP contribution >= 0.6 is 0 Å². The lowest BCUT2D eigenvalue weighted by Gasteiger charge is -2.43. The van der Waals surface area contributed by atoms with E-state index in [1.165, 1.54) is 63.4 Å². The fraction of sp³-hybridized carbons (Fsp3) is 0.667. The molecule has 0 spiro atoms. The van der Waals surface area contributed by atoms with Gasteiger partial charge in [0.2, 0.25) is 0 Å². The summed E-state index contributed by atoms with van der Waals surface area (Å²) in [6, 6.07) is 11.6. The molecule has 2 aliphatic carbocycles. The molecule has 110 valence electrons. The van der Waals surface area contributed by atoms with E-state index in [1.807, 2.05) is 0 Å². The predicted molar refractivity (Wildman–Crippen MR) is 84.3 cm³/mol. The maximum atomic E-state index is 6.06. The van der Waals surface area contributed by atoms with Crippen LogP contribution in [0.5, 0.6) is 0 Å². The first-order valence-electron chi connectivity index (χ1n) is 8.38. The van der Waals surface area contributed by atoms with Gasteiger partial charge in [0, 0.05) is 11.5 Å². The summed E-state index contributed by atoms with van der Waals surface area (Å²) in [5, 5.41) is 0. The SMILES string of the molecule is NNC(C1CCCCC1)C1(c2ccccc2)CCCC1. The van der Waals surface area contributed by atoms with Crippen molar-refractivity contribution in [1.82, 2.24) is 5.43 Å². The zero-order chi connectivity index (χ0) is 13.8. The average Bonchev–Trinajstić information content (AvgIpc) is 3.01. The Morgan fingerprint density at radius 1 is 0.950 bits per heavy atom. The van der Waals surface area contributed by atoms with Crippen molar-refractivity contribution in [3.05, 3.63) is 35.9 Å². The van der Waals surface area contributed by atoms with Gasteiger partial charge >= 0.3 is 0 Å². The number of nitrogens with two attached hydrogens (primary N) is 1. The molecule has 0 aliphatic heterocycles. The molecule has 1 aromatic rings. The van der Waals surface area contributed by atoms with Crippen molar-refractivity contribution < 1.29 is 0 Å². The van der Waals surface area contributed by atoms with Crippen LogP contribution in [0.15, 0.2) is 30.3 Å². The van der Waals surface area contributed by atoms with Gasteiger partial charge in [-0.2, -0.15) is 0 Å². The Bertz CT molecular complexity index is 403. The van der Waals surface area contributed by atoms with Crippen molar-refractivity contribution in [3.8, 4) is 0 Å². The second-order valence-electron chi connectivity index (χ2n) is 6.77. The lowest BCUT2D eigenvalue weighted by atomic mass is 9.66. The fourth-order valence-electron chi connectivity index (χ4n) is 4.77. The van der Waals surface area contributed by atoms with E-state index in [9.17, 15) is 0 Å². The van der Waals surface area contributed by atoms with Crippen molar-refractivity contribution in [2.75, 3.05) is 0 Å². The smallest absolute Gasteiger partial charge is 0.0335 e. The van der Waals surface area contributed by atoms with Gasteiger partial charge in [-0.1, -0.05) is 62.4 Å². The van der Waals surface area contributed by atoms with E-state index in [-0.39, 0.29) is 5.41 Å². The normalized spacial score (nSPS) is 24.6. The first kappa shape index (κ1) is 14.1. The topological polar surface area (TPSA) is 38.0 Å². The zero-order valence-corrected chi connectivity index (χ0v) is 12.5. The molecule has 1 aromatic carbocycles. The molecule has 1 atom stereocenters. The molecule has 2 saturated carbocycles. The maximum absolute atomic E-state index is 6.06. The Hall–Kier alpha value is -0.860. The number of benzene rings is 1. The second kappa shape index (κ2) is 6.28. The van der Waals surface area contributed by atoms with Crippen molar-refractivity contribution in [2.45, 2.75) is 69.2 Å². The summed E-state index contributed by atoms with van der Waals surface area (Å²) in [5.41, 5.74) is 5.03. The first-order valence-corrected chi connectivity index (χ1v) is 8.38. The third-order valence-electron chi connectivity index (χ3n) is 5.74. The molecular weight excluding hydrogens is 244 g/mol. The molecule has 20 heavy (non-hydrogen) atoms. The van der Waals surface area contributed by atoms with Crippen LogP contribution < -0.4 is 11.3 Å². The Morgan fingerprint density at radius 3 is 2.20 bits per heavy atom. The summed E-state index contributed by atoms with van der Waals surface area (Å²) in [4.78, 5) is 0. The van der Waals surface area contributed by atoms with Gasteiger partial charge in [-0.3, -0.25) is 11.3 Å². The van der Waals surface area contributed by atoms with Gasteiger partial charge in [-0.25, -0.2) is 0 Å². The summed E-state index contributed by atoms with van der Waals surface area (Å²) in [7, 11) is 0. The summed E-state index contributed by atoms with van der Waals surface area (Å²) < 4.78 is 0. The van der Waals surface area contributed by atoms with Crippen LogP contribution in [-0.2, 0) is 5.41 Å². The van der Waals surface area contributed by atoms with Gasteiger partial charge in [-0.15, -0.1) is 0 Å². The van der Waals surface area contributed by atoms with E-state index in [4.69, 9.17) is 5.84 Å². The quantitative estimate of drug-likeness (QED) is 0.644. The second-order valence-corrected chi connectivity index (χ2v) is 6.77. The molecule has 0 bridgehead atoms. The minimum atomic E-state index is 0.276. The number of rotatable bonds is 4.